The lowest BCUT2D eigenvalue weighted by Crippen LogP contribution is -2.47. The van der Waals surface area contributed by atoms with E-state index in [0.29, 0.717) is 50.0 Å². The maximum absolute atomic E-state index is 14.4. The first-order chi connectivity index (χ1) is 11.2. The van der Waals surface area contributed by atoms with Crippen LogP contribution in [0, 0.1) is 5.82 Å². The Hall–Kier alpha value is -2.51. The summed E-state index contributed by atoms with van der Waals surface area (Å²) in [6.45, 7) is 4.64. The highest BCUT2D eigenvalue weighted by Gasteiger charge is 2.23. The smallest absolute Gasteiger partial charge is 0.233 e. The molecule has 0 atom stereocenters. The molecule has 0 bridgehead atoms. The van der Waals surface area contributed by atoms with Crippen LogP contribution in [0.25, 0.3) is 0 Å². The molecule has 3 heterocycles. The topological polar surface area (TPSA) is 67.3 Å². The summed E-state index contributed by atoms with van der Waals surface area (Å²) in [7, 11) is 1.56. The van der Waals surface area contributed by atoms with E-state index in [1.54, 1.807) is 19.5 Å². The molecule has 23 heavy (non-hydrogen) atoms. The number of piperazine rings is 1. The van der Waals surface area contributed by atoms with Gasteiger partial charge in [0, 0.05) is 26.2 Å². The second-order valence-corrected chi connectivity index (χ2v) is 5.21. The third-order valence-electron chi connectivity index (χ3n) is 3.89. The van der Waals surface area contributed by atoms with Gasteiger partial charge in [0.15, 0.2) is 17.5 Å². The van der Waals surface area contributed by atoms with Gasteiger partial charge in [-0.05, 0) is 6.42 Å². The van der Waals surface area contributed by atoms with Crippen molar-refractivity contribution in [1.82, 2.24) is 19.9 Å². The number of rotatable bonds is 4. The molecule has 0 amide bonds. The van der Waals surface area contributed by atoms with Crippen molar-refractivity contribution in [3.8, 4) is 5.88 Å². The van der Waals surface area contributed by atoms with Gasteiger partial charge in [-0.25, -0.2) is 14.4 Å². The largest absolute Gasteiger partial charge is 0.480 e. The number of aryl methyl sites for hydroxylation is 1. The third-order valence-corrected chi connectivity index (χ3v) is 3.89. The Morgan fingerprint density at radius 2 is 1.87 bits per heavy atom. The Kier molecular flexibility index (Phi) is 4.50. The van der Waals surface area contributed by atoms with E-state index in [-0.39, 0.29) is 5.82 Å². The van der Waals surface area contributed by atoms with Crippen LogP contribution in [-0.2, 0) is 6.42 Å². The summed E-state index contributed by atoms with van der Waals surface area (Å²) in [6.07, 6.45) is 5.26. The van der Waals surface area contributed by atoms with Crippen LogP contribution < -0.4 is 14.5 Å². The van der Waals surface area contributed by atoms with Crippen molar-refractivity contribution in [1.29, 1.82) is 0 Å². The molecule has 2 aromatic rings. The van der Waals surface area contributed by atoms with Crippen LogP contribution in [0.1, 0.15) is 12.6 Å². The number of ether oxygens (including phenoxy) is 1. The Balaban J connectivity index is 1.71. The van der Waals surface area contributed by atoms with E-state index in [1.165, 1.54) is 6.33 Å². The van der Waals surface area contributed by atoms with Crippen molar-refractivity contribution in [2.75, 3.05) is 43.1 Å². The zero-order valence-corrected chi connectivity index (χ0v) is 13.2. The number of hydrogen-bond acceptors (Lipinski definition) is 7. The molecule has 0 N–H and O–H groups in total. The van der Waals surface area contributed by atoms with Gasteiger partial charge in [0.05, 0.1) is 25.2 Å². The molecule has 1 saturated heterocycles. The highest BCUT2D eigenvalue weighted by molar-refractivity contribution is 5.45. The molecule has 0 unspecified atom stereocenters. The Morgan fingerprint density at radius 1 is 1.13 bits per heavy atom. The van der Waals surface area contributed by atoms with Crippen molar-refractivity contribution in [2.45, 2.75) is 13.3 Å². The summed E-state index contributed by atoms with van der Waals surface area (Å²) >= 11 is 0. The van der Waals surface area contributed by atoms with Crippen molar-refractivity contribution in [3.05, 3.63) is 30.2 Å². The average molecular weight is 318 g/mol. The van der Waals surface area contributed by atoms with E-state index in [1.807, 2.05) is 11.8 Å². The first-order valence-corrected chi connectivity index (χ1v) is 7.58. The van der Waals surface area contributed by atoms with Gasteiger partial charge in [0.1, 0.15) is 6.33 Å². The SMILES string of the molecule is CCc1ncnc(N2CCN(c3cncc(OC)n3)CC2)c1F. The molecule has 3 rings (SSSR count). The molecule has 2 aromatic heterocycles. The van der Waals surface area contributed by atoms with E-state index >= 15 is 0 Å². The normalized spacial score (nSPS) is 14.9. The summed E-state index contributed by atoms with van der Waals surface area (Å²) in [4.78, 5) is 20.6. The second kappa shape index (κ2) is 6.72. The van der Waals surface area contributed by atoms with Crippen LogP contribution in [0.5, 0.6) is 5.88 Å². The minimum atomic E-state index is -0.315. The minimum Gasteiger partial charge on any atom is -0.480 e. The summed E-state index contributed by atoms with van der Waals surface area (Å²) in [6, 6.07) is 0. The molecular formula is C15H19FN6O. The van der Waals surface area contributed by atoms with Crippen LogP contribution in [0.2, 0.25) is 0 Å². The fourth-order valence-corrected chi connectivity index (χ4v) is 2.60. The zero-order valence-electron chi connectivity index (χ0n) is 13.2. The Morgan fingerprint density at radius 3 is 2.57 bits per heavy atom. The van der Waals surface area contributed by atoms with Gasteiger partial charge in [0.25, 0.3) is 0 Å². The summed E-state index contributed by atoms with van der Waals surface area (Å²) < 4.78 is 19.5. The van der Waals surface area contributed by atoms with E-state index in [0.717, 1.165) is 5.82 Å². The van der Waals surface area contributed by atoms with Crippen molar-refractivity contribution < 1.29 is 9.13 Å². The summed E-state index contributed by atoms with van der Waals surface area (Å²) in [5.41, 5.74) is 0.455. The molecule has 7 nitrogen and oxygen atoms in total. The van der Waals surface area contributed by atoms with Crippen molar-refractivity contribution in [2.24, 2.45) is 0 Å². The van der Waals surface area contributed by atoms with E-state index in [9.17, 15) is 4.39 Å². The van der Waals surface area contributed by atoms with Crippen molar-refractivity contribution in [3.63, 3.8) is 0 Å². The van der Waals surface area contributed by atoms with E-state index in [2.05, 4.69) is 24.8 Å². The fraction of sp³-hybridized carbons (Fsp3) is 0.467. The summed E-state index contributed by atoms with van der Waals surface area (Å²) in [5, 5.41) is 0. The second-order valence-electron chi connectivity index (χ2n) is 5.21. The van der Waals surface area contributed by atoms with Gasteiger partial charge >= 0.3 is 0 Å². The number of hydrogen-bond donors (Lipinski definition) is 0. The average Bonchev–Trinajstić information content (AvgIpc) is 2.62. The van der Waals surface area contributed by atoms with Gasteiger partial charge in [-0.3, -0.25) is 4.98 Å². The van der Waals surface area contributed by atoms with Gasteiger partial charge < -0.3 is 14.5 Å². The van der Waals surface area contributed by atoms with Gasteiger partial charge in [-0.1, -0.05) is 6.92 Å². The maximum atomic E-state index is 14.4. The monoisotopic (exact) mass is 318 g/mol. The molecule has 0 radical (unpaired) electrons. The fourth-order valence-electron chi connectivity index (χ4n) is 2.60. The molecule has 8 heteroatoms. The lowest BCUT2D eigenvalue weighted by atomic mass is 10.2. The van der Waals surface area contributed by atoms with Crippen LogP contribution in [-0.4, -0.2) is 53.2 Å². The highest BCUT2D eigenvalue weighted by Crippen LogP contribution is 2.22. The minimum absolute atomic E-state index is 0.315. The number of anilines is 2. The molecule has 1 aliphatic heterocycles. The van der Waals surface area contributed by atoms with Crippen LogP contribution in [0.4, 0.5) is 16.0 Å². The van der Waals surface area contributed by atoms with Gasteiger partial charge in [-0.15, -0.1) is 0 Å². The summed E-state index contributed by atoms with van der Waals surface area (Å²) in [5.74, 6) is 1.32. The molecular weight excluding hydrogens is 299 g/mol. The van der Waals surface area contributed by atoms with Crippen LogP contribution in [0.15, 0.2) is 18.7 Å². The van der Waals surface area contributed by atoms with Gasteiger partial charge in [-0.2, -0.15) is 4.98 Å². The van der Waals surface area contributed by atoms with Gasteiger partial charge in [0.2, 0.25) is 5.88 Å². The van der Waals surface area contributed by atoms with Crippen molar-refractivity contribution >= 4 is 11.6 Å². The molecule has 0 saturated carbocycles. The molecule has 122 valence electrons. The predicted molar refractivity (Wildman–Crippen MR) is 84.4 cm³/mol. The Labute approximate surface area is 134 Å². The number of aromatic nitrogens is 4. The third kappa shape index (κ3) is 3.15. The zero-order chi connectivity index (χ0) is 16.2. The van der Waals surface area contributed by atoms with E-state index < -0.39 is 0 Å². The number of nitrogens with zero attached hydrogens (tertiary/aromatic N) is 6. The highest BCUT2D eigenvalue weighted by atomic mass is 19.1. The molecule has 0 aromatic carbocycles. The van der Waals surface area contributed by atoms with Crippen LogP contribution in [0.3, 0.4) is 0 Å². The molecule has 0 spiro atoms. The number of methoxy groups -OCH3 is 1. The standard InChI is InChI=1S/C15H19FN6O/c1-3-11-14(16)15(19-10-18-11)22-6-4-21(5-7-22)12-8-17-9-13(20-12)23-2/h8-10H,3-7H2,1-2H3. The first kappa shape index (κ1) is 15.4. The lowest BCUT2D eigenvalue weighted by Gasteiger charge is -2.36. The van der Waals surface area contributed by atoms with Crippen LogP contribution >= 0.6 is 0 Å². The lowest BCUT2D eigenvalue weighted by molar-refractivity contribution is 0.395. The number of halogens is 1. The Bertz CT molecular complexity index is 675. The molecule has 1 aliphatic rings. The molecule has 0 aliphatic carbocycles. The maximum Gasteiger partial charge on any atom is 0.233 e. The quantitative estimate of drug-likeness (QED) is 0.842. The molecule has 1 fully saturated rings. The first-order valence-electron chi connectivity index (χ1n) is 7.58. The predicted octanol–water partition coefficient (Wildman–Crippen LogP) is 1.30. The van der Waals surface area contributed by atoms with E-state index in [4.69, 9.17) is 4.74 Å².